The molecule has 3 aromatic rings. The van der Waals surface area contributed by atoms with Crippen molar-refractivity contribution in [3.63, 3.8) is 0 Å². The summed E-state index contributed by atoms with van der Waals surface area (Å²) in [7, 11) is 0. The van der Waals surface area contributed by atoms with Gasteiger partial charge in [-0.15, -0.1) is 16.9 Å². The number of rotatable bonds is 10. The lowest BCUT2D eigenvalue weighted by Gasteiger charge is -2.19. The highest BCUT2D eigenvalue weighted by Gasteiger charge is 2.11. The quantitative estimate of drug-likeness (QED) is 0.449. The molecular weight excluding hydrogens is 368 g/mol. The van der Waals surface area contributed by atoms with E-state index in [1.807, 2.05) is 22.8 Å². The van der Waals surface area contributed by atoms with Crippen LogP contribution >= 0.6 is 11.8 Å². The number of hydrogen-bond donors (Lipinski definition) is 0. The minimum atomic E-state index is 0.132. The van der Waals surface area contributed by atoms with Gasteiger partial charge in [0.2, 0.25) is 5.88 Å². The molecule has 0 N–H and O–H groups in total. The van der Waals surface area contributed by atoms with Gasteiger partial charge in [0.1, 0.15) is 0 Å². The van der Waals surface area contributed by atoms with Crippen molar-refractivity contribution in [3.05, 3.63) is 42.6 Å². The molecule has 0 saturated heterocycles. The molecule has 150 valence electrons. The lowest BCUT2D eigenvalue weighted by Crippen LogP contribution is -2.25. The Balaban J connectivity index is 1.71. The van der Waals surface area contributed by atoms with Crippen LogP contribution in [0.15, 0.2) is 47.5 Å². The molecule has 0 spiro atoms. The highest BCUT2D eigenvalue weighted by atomic mass is 32.2. The van der Waals surface area contributed by atoms with Crippen molar-refractivity contribution >= 4 is 17.4 Å². The van der Waals surface area contributed by atoms with Crippen LogP contribution in [0, 0.1) is 0 Å². The first kappa shape index (κ1) is 20.7. The Morgan fingerprint density at radius 1 is 1.18 bits per heavy atom. The van der Waals surface area contributed by atoms with Gasteiger partial charge in [0.25, 0.3) is 0 Å². The standard InChI is InChI=1S/C22H30N4OS/c1-5-25(6-2)14-8-9-17(3)27-22-13-12-21-23-16-20(26(21)24-22)18-10-7-11-19(15-18)28-4/h7,10-13,15-17H,5-6,8-9,14H2,1-4H3. The molecule has 2 heterocycles. The summed E-state index contributed by atoms with van der Waals surface area (Å²) in [6.07, 6.45) is 6.23. The Bertz CT molecular complexity index is 891. The largest absolute Gasteiger partial charge is 0.474 e. The summed E-state index contributed by atoms with van der Waals surface area (Å²) < 4.78 is 7.97. The van der Waals surface area contributed by atoms with E-state index >= 15 is 0 Å². The van der Waals surface area contributed by atoms with Crippen molar-refractivity contribution in [2.24, 2.45) is 0 Å². The molecule has 0 aliphatic heterocycles. The summed E-state index contributed by atoms with van der Waals surface area (Å²) in [6, 6.07) is 12.3. The summed E-state index contributed by atoms with van der Waals surface area (Å²) in [5.41, 5.74) is 2.91. The Morgan fingerprint density at radius 3 is 2.75 bits per heavy atom. The average molecular weight is 399 g/mol. The number of nitrogens with zero attached hydrogens (tertiary/aromatic N) is 4. The molecule has 0 saturated carbocycles. The number of fused-ring (bicyclic) bond motifs is 1. The average Bonchev–Trinajstić information content (AvgIpc) is 3.14. The van der Waals surface area contributed by atoms with E-state index in [4.69, 9.17) is 9.84 Å². The lowest BCUT2D eigenvalue weighted by molar-refractivity contribution is 0.186. The normalized spacial score (nSPS) is 12.6. The van der Waals surface area contributed by atoms with Gasteiger partial charge in [-0.3, -0.25) is 0 Å². The number of thioether (sulfide) groups is 1. The molecule has 28 heavy (non-hydrogen) atoms. The Labute approximate surface area is 172 Å². The first-order valence-electron chi connectivity index (χ1n) is 10.0. The molecule has 1 unspecified atom stereocenters. The number of hydrogen-bond acceptors (Lipinski definition) is 5. The van der Waals surface area contributed by atoms with E-state index in [1.165, 1.54) is 4.90 Å². The van der Waals surface area contributed by atoms with Crippen molar-refractivity contribution in [2.75, 3.05) is 25.9 Å². The second-order valence-electron chi connectivity index (χ2n) is 6.91. The van der Waals surface area contributed by atoms with Crippen LogP contribution in [0.3, 0.4) is 0 Å². The third-order valence-electron chi connectivity index (χ3n) is 5.00. The van der Waals surface area contributed by atoms with Crippen LogP contribution in [-0.2, 0) is 0 Å². The summed E-state index contributed by atoms with van der Waals surface area (Å²) >= 11 is 1.73. The van der Waals surface area contributed by atoms with Crippen LogP contribution in [0.25, 0.3) is 16.9 Å². The summed E-state index contributed by atoms with van der Waals surface area (Å²) in [5, 5.41) is 4.70. The SMILES string of the molecule is CCN(CC)CCCC(C)Oc1ccc2ncc(-c3cccc(SC)c3)n2n1. The summed E-state index contributed by atoms with van der Waals surface area (Å²) in [4.78, 5) is 8.16. The van der Waals surface area contributed by atoms with Gasteiger partial charge >= 0.3 is 0 Å². The molecular formula is C22H30N4OS. The smallest absolute Gasteiger partial charge is 0.232 e. The maximum Gasteiger partial charge on any atom is 0.232 e. The predicted octanol–water partition coefficient (Wildman–Crippen LogP) is 5.01. The topological polar surface area (TPSA) is 42.7 Å². The van der Waals surface area contributed by atoms with Gasteiger partial charge in [0.05, 0.1) is 18.0 Å². The van der Waals surface area contributed by atoms with Crippen LogP contribution < -0.4 is 4.74 Å². The first-order chi connectivity index (χ1) is 13.6. The molecule has 0 radical (unpaired) electrons. The zero-order valence-corrected chi connectivity index (χ0v) is 18.1. The van der Waals surface area contributed by atoms with Crippen LogP contribution in [0.1, 0.15) is 33.6 Å². The minimum Gasteiger partial charge on any atom is -0.474 e. The number of aromatic nitrogens is 3. The molecule has 0 aliphatic carbocycles. The molecule has 0 aliphatic rings. The second-order valence-corrected chi connectivity index (χ2v) is 7.79. The van der Waals surface area contributed by atoms with Gasteiger partial charge < -0.3 is 9.64 Å². The Kier molecular flexibility index (Phi) is 7.34. The Morgan fingerprint density at radius 2 is 2.00 bits per heavy atom. The van der Waals surface area contributed by atoms with E-state index in [0.29, 0.717) is 5.88 Å². The van der Waals surface area contributed by atoms with Gasteiger partial charge in [-0.1, -0.05) is 26.0 Å². The van der Waals surface area contributed by atoms with Crippen LogP contribution in [0.2, 0.25) is 0 Å². The fourth-order valence-electron chi connectivity index (χ4n) is 3.31. The molecule has 5 nitrogen and oxygen atoms in total. The van der Waals surface area contributed by atoms with E-state index < -0.39 is 0 Å². The minimum absolute atomic E-state index is 0.132. The zero-order chi connectivity index (χ0) is 19.9. The molecule has 1 atom stereocenters. The maximum atomic E-state index is 6.09. The highest BCUT2D eigenvalue weighted by Crippen LogP contribution is 2.25. The third kappa shape index (κ3) is 5.06. The van der Waals surface area contributed by atoms with Crippen molar-refractivity contribution in [2.45, 2.75) is 44.6 Å². The number of benzene rings is 1. The second kappa shape index (κ2) is 9.94. The van der Waals surface area contributed by atoms with Gasteiger partial charge in [-0.05, 0) is 63.9 Å². The number of ether oxygens (including phenoxy) is 1. The van der Waals surface area contributed by atoms with Crippen molar-refractivity contribution in [3.8, 4) is 17.1 Å². The van der Waals surface area contributed by atoms with Crippen LogP contribution in [-0.4, -0.2) is 51.5 Å². The van der Waals surface area contributed by atoms with Gasteiger partial charge in [-0.25, -0.2) is 9.50 Å². The zero-order valence-electron chi connectivity index (χ0n) is 17.3. The van der Waals surface area contributed by atoms with E-state index in [-0.39, 0.29) is 6.10 Å². The van der Waals surface area contributed by atoms with Gasteiger partial charge in [-0.2, -0.15) is 0 Å². The summed E-state index contributed by atoms with van der Waals surface area (Å²) in [6.45, 7) is 9.85. The maximum absolute atomic E-state index is 6.09. The predicted molar refractivity (Wildman–Crippen MR) is 117 cm³/mol. The molecule has 3 rings (SSSR count). The van der Waals surface area contributed by atoms with E-state index in [1.54, 1.807) is 11.8 Å². The van der Waals surface area contributed by atoms with E-state index in [2.05, 4.69) is 61.2 Å². The first-order valence-corrected chi connectivity index (χ1v) is 11.2. The van der Waals surface area contributed by atoms with E-state index in [0.717, 1.165) is 49.4 Å². The fraction of sp³-hybridized carbons (Fsp3) is 0.455. The van der Waals surface area contributed by atoms with Gasteiger partial charge in [0.15, 0.2) is 5.65 Å². The highest BCUT2D eigenvalue weighted by molar-refractivity contribution is 7.98. The van der Waals surface area contributed by atoms with Crippen LogP contribution in [0.5, 0.6) is 5.88 Å². The van der Waals surface area contributed by atoms with Crippen molar-refractivity contribution in [1.29, 1.82) is 0 Å². The van der Waals surface area contributed by atoms with Gasteiger partial charge in [0, 0.05) is 16.5 Å². The number of imidazole rings is 1. The molecule has 6 heteroatoms. The van der Waals surface area contributed by atoms with Crippen molar-refractivity contribution in [1.82, 2.24) is 19.5 Å². The Hall–Kier alpha value is -2.05. The van der Waals surface area contributed by atoms with Crippen LogP contribution in [0.4, 0.5) is 0 Å². The fourth-order valence-corrected chi connectivity index (χ4v) is 3.77. The molecule has 2 aromatic heterocycles. The van der Waals surface area contributed by atoms with Crippen molar-refractivity contribution < 1.29 is 4.74 Å². The molecule has 0 amide bonds. The molecule has 0 fully saturated rings. The third-order valence-corrected chi connectivity index (χ3v) is 5.73. The molecule has 0 bridgehead atoms. The summed E-state index contributed by atoms with van der Waals surface area (Å²) in [5.74, 6) is 0.642. The lowest BCUT2D eigenvalue weighted by atomic mass is 10.2. The molecule has 1 aromatic carbocycles. The monoisotopic (exact) mass is 398 g/mol. The van der Waals surface area contributed by atoms with E-state index in [9.17, 15) is 0 Å².